The van der Waals surface area contributed by atoms with E-state index in [1.165, 1.54) is 10.9 Å². The molecule has 0 unspecified atom stereocenters. The Kier molecular flexibility index (Phi) is 5.31. The SMILES string of the molecule is Cc1ccccc1-c1cn2c3ncccc3c3ccc(Oc4ccc5c6ccccc6n(-c6ccccn6)c5c4)cc3c2n1. The minimum absolute atomic E-state index is 0.739. The second-order valence-electron chi connectivity index (χ2n) is 11.0. The Morgan fingerprint density at radius 2 is 1.32 bits per heavy atom. The fraction of sp³-hybridized carbons (Fsp3) is 0.0263. The number of rotatable bonds is 4. The first-order chi connectivity index (χ1) is 21.7. The van der Waals surface area contributed by atoms with E-state index in [0.717, 1.165) is 72.4 Å². The van der Waals surface area contributed by atoms with Crippen molar-refractivity contribution in [3.05, 3.63) is 139 Å². The molecule has 0 aliphatic heterocycles. The molecule has 4 aromatic carbocycles. The quantitative estimate of drug-likeness (QED) is 0.199. The molecule has 0 spiro atoms. The molecule has 44 heavy (non-hydrogen) atoms. The molecule has 6 nitrogen and oxygen atoms in total. The third kappa shape index (κ3) is 3.71. The van der Waals surface area contributed by atoms with Crippen molar-refractivity contribution in [1.82, 2.24) is 23.9 Å². The van der Waals surface area contributed by atoms with Gasteiger partial charge in [0.15, 0.2) is 0 Å². The standard InChI is InChI=1S/C38H25N5O/c1-24-9-2-3-10-27(24)33-23-42-37-31(12-8-20-40-37)28-17-15-25(21-32(28)38(42)41-33)44-26-16-18-30-29-11-4-5-13-34(29)43(35(30)22-26)36-14-6-7-19-39-36/h2-23H,1H3. The molecule has 9 rings (SSSR count). The van der Waals surface area contributed by atoms with Gasteiger partial charge in [-0.15, -0.1) is 0 Å². The molecule has 0 aliphatic rings. The lowest BCUT2D eigenvalue weighted by Gasteiger charge is -2.11. The van der Waals surface area contributed by atoms with Crippen LogP contribution in [0, 0.1) is 6.92 Å². The summed E-state index contributed by atoms with van der Waals surface area (Å²) in [4.78, 5) is 14.5. The van der Waals surface area contributed by atoms with Crippen molar-refractivity contribution in [2.45, 2.75) is 6.92 Å². The van der Waals surface area contributed by atoms with Crippen molar-refractivity contribution in [2.24, 2.45) is 0 Å². The average Bonchev–Trinajstić information content (AvgIpc) is 3.66. The lowest BCUT2D eigenvalue weighted by molar-refractivity contribution is 0.484. The first-order valence-corrected chi connectivity index (χ1v) is 14.6. The zero-order valence-electron chi connectivity index (χ0n) is 23.8. The van der Waals surface area contributed by atoms with Crippen LogP contribution in [0.3, 0.4) is 0 Å². The molecule has 0 fully saturated rings. The maximum atomic E-state index is 6.57. The van der Waals surface area contributed by atoms with Gasteiger partial charge in [0, 0.05) is 51.8 Å². The minimum atomic E-state index is 0.739. The third-order valence-electron chi connectivity index (χ3n) is 8.42. The third-order valence-corrected chi connectivity index (χ3v) is 8.42. The summed E-state index contributed by atoms with van der Waals surface area (Å²) in [6.45, 7) is 2.11. The van der Waals surface area contributed by atoms with Crippen LogP contribution in [0.15, 0.2) is 134 Å². The molecule has 5 heterocycles. The normalized spacial score (nSPS) is 11.8. The summed E-state index contributed by atoms with van der Waals surface area (Å²) in [6.07, 6.45) is 5.74. The number of fused-ring (bicyclic) bond motifs is 9. The Hall–Kier alpha value is -6.01. The monoisotopic (exact) mass is 567 g/mol. The molecule has 9 aromatic rings. The maximum absolute atomic E-state index is 6.57. The second kappa shape index (κ2) is 9.51. The van der Waals surface area contributed by atoms with Crippen molar-refractivity contribution < 1.29 is 4.74 Å². The van der Waals surface area contributed by atoms with Gasteiger partial charge in [-0.05, 0) is 78.5 Å². The zero-order valence-corrected chi connectivity index (χ0v) is 23.8. The van der Waals surface area contributed by atoms with Crippen LogP contribution in [-0.4, -0.2) is 23.9 Å². The summed E-state index contributed by atoms with van der Waals surface area (Å²) in [5.41, 5.74) is 7.08. The van der Waals surface area contributed by atoms with Gasteiger partial charge in [0.1, 0.15) is 28.6 Å². The van der Waals surface area contributed by atoms with Gasteiger partial charge >= 0.3 is 0 Å². The van der Waals surface area contributed by atoms with E-state index in [-0.39, 0.29) is 0 Å². The second-order valence-corrected chi connectivity index (χ2v) is 11.0. The van der Waals surface area contributed by atoms with Crippen molar-refractivity contribution in [3.63, 3.8) is 0 Å². The van der Waals surface area contributed by atoms with Crippen molar-refractivity contribution in [3.8, 4) is 28.6 Å². The summed E-state index contributed by atoms with van der Waals surface area (Å²) < 4.78 is 10.9. The van der Waals surface area contributed by atoms with E-state index >= 15 is 0 Å². The predicted octanol–water partition coefficient (Wildman–Crippen LogP) is 9.30. The highest BCUT2D eigenvalue weighted by atomic mass is 16.5. The summed E-state index contributed by atoms with van der Waals surface area (Å²) >= 11 is 0. The van der Waals surface area contributed by atoms with Crippen molar-refractivity contribution >= 4 is 49.3 Å². The number of imidazole rings is 1. The van der Waals surface area contributed by atoms with Gasteiger partial charge in [0.2, 0.25) is 0 Å². The Morgan fingerprint density at radius 1 is 0.568 bits per heavy atom. The predicted molar refractivity (Wildman–Crippen MR) is 177 cm³/mol. The van der Waals surface area contributed by atoms with E-state index < -0.39 is 0 Å². The Bertz CT molecular complexity index is 2550. The number of benzene rings is 4. The molecule has 0 saturated heterocycles. The van der Waals surface area contributed by atoms with Crippen LogP contribution in [0.25, 0.3) is 66.3 Å². The molecule has 6 heteroatoms. The molecule has 0 N–H and O–H groups in total. The smallest absolute Gasteiger partial charge is 0.147 e. The first-order valence-electron chi connectivity index (χ1n) is 14.6. The van der Waals surface area contributed by atoms with E-state index in [4.69, 9.17) is 14.7 Å². The van der Waals surface area contributed by atoms with Gasteiger partial charge in [0.25, 0.3) is 0 Å². The van der Waals surface area contributed by atoms with Crippen molar-refractivity contribution in [2.75, 3.05) is 0 Å². The number of aromatic nitrogens is 5. The van der Waals surface area contributed by atoms with Crippen LogP contribution in [0.1, 0.15) is 5.56 Å². The highest BCUT2D eigenvalue weighted by Crippen LogP contribution is 2.37. The summed E-state index contributed by atoms with van der Waals surface area (Å²) in [7, 11) is 0. The molecular weight excluding hydrogens is 542 g/mol. The van der Waals surface area contributed by atoms with Gasteiger partial charge in [0.05, 0.1) is 16.7 Å². The van der Waals surface area contributed by atoms with Gasteiger partial charge < -0.3 is 4.74 Å². The highest BCUT2D eigenvalue weighted by molar-refractivity contribution is 6.12. The van der Waals surface area contributed by atoms with Crippen LogP contribution in [0.4, 0.5) is 0 Å². The molecule has 0 radical (unpaired) electrons. The Labute approximate surface area is 252 Å². The van der Waals surface area contributed by atoms with Crippen LogP contribution in [0.2, 0.25) is 0 Å². The largest absolute Gasteiger partial charge is 0.457 e. The fourth-order valence-electron chi connectivity index (χ4n) is 6.41. The Morgan fingerprint density at radius 3 is 2.20 bits per heavy atom. The minimum Gasteiger partial charge on any atom is -0.457 e. The van der Waals surface area contributed by atoms with E-state index in [1.807, 2.05) is 48.8 Å². The lowest BCUT2D eigenvalue weighted by atomic mass is 10.1. The molecule has 0 atom stereocenters. The number of ether oxygens (including phenoxy) is 1. The number of pyridine rings is 3. The van der Waals surface area contributed by atoms with Gasteiger partial charge in [-0.3, -0.25) is 8.97 Å². The van der Waals surface area contributed by atoms with E-state index in [9.17, 15) is 0 Å². The number of aryl methyl sites for hydroxylation is 1. The van der Waals surface area contributed by atoms with Crippen LogP contribution < -0.4 is 4.74 Å². The summed E-state index contributed by atoms with van der Waals surface area (Å²) in [5.74, 6) is 2.36. The summed E-state index contributed by atoms with van der Waals surface area (Å²) in [6, 6.07) is 39.3. The maximum Gasteiger partial charge on any atom is 0.147 e. The number of para-hydroxylation sites is 1. The molecule has 0 amide bonds. The highest BCUT2D eigenvalue weighted by Gasteiger charge is 2.17. The van der Waals surface area contributed by atoms with Crippen LogP contribution in [-0.2, 0) is 0 Å². The van der Waals surface area contributed by atoms with Gasteiger partial charge in [-0.25, -0.2) is 15.0 Å². The van der Waals surface area contributed by atoms with Gasteiger partial charge in [-0.1, -0.05) is 48.5 Å². The van der Waals surface area contributed by atoms with E-state index in [2.05, 4.69) is 106 Å². The average molecular weight is 568 g/mol. The molecule has 0 saturated carbocycles. The van der Waals surface area contributed by atoms with Gasteiger partial charge in [-0.2, -0.15) is 0 Å². The van der Waals surface area contributed by atoms with E-state index in [1.54, 1.807) is 0 Å². The zero-order chi connectivity index (χ0) is 29.2. The lowest BCUT2D eigenvalue weighted by Crippen LogP contribution is -1.96. The molecule has 208 valence electrons. The fourth-order valence-corrected chi connectivity index (χ4v) is 6.41. The molecule has 0 aliphatic carbocycles. The summed E-state index contributed by atoms with van der Waals surface area (Å²) in [5, 5.41) is 5.49. The van der Waals surface area contributed by atoms with Crippen molar-refractivity contribution in [1.29, 1.82) is 0 Å². The molecule has 5 aromatic heterocycles. The molecular formula is C38H25N5O. The van der Waals surface area contributed by atoms with Crippen LogP contribution in [0.5, 0.6) is 11.5 Å². The number of hydrogen-bond donors (Lipinski definition) is 0. The topological polar surface area (TPSA) is 57.2 Å². The number of hydrogen-bond acceptors (Lipinski definition) is 4. The van der Waals surface area contributed by atoms with Crippen LogP contribution >= 0.6 is 0 Å². The first kappa shape index (κ1) is 24.6. The Balaban J connectivity index is 1.22. The number of nitrogens with zero attached hydrogens (tertiary/aromatic N) is 5. The molecule has 0 bridgehead atoms. The van der Waals surface area contributed by atoms with E-state index in [0.29, 0.717) is 0 Å².